The number of primary amides is 1. The highest BCUT2D eigenvalue weighted by Crippen LogP contribution is 2.12. The summed E-state index contributed by atoms with van der Waals surface area (Å²) >= 11 is 0. The van der Waals surface area contributed by atoms with Gasteiger partial charge >= 0.3 is 6.03 Å². The van der Waals surface area contributed by atoms with E-state index in [4.69, 9.17) is 10.5 Å². The fourth-order valence-corrected chi connectivity index (χ4v) is 1.24. The average molecular weight is 252 g/mol. The van der Waals surface area contributed by atoms with Crippen molar-refractivity contribution >= 4 is 17.6 Å². The van der Waals surface area contributed by atoms with Gasteiger partial charge in [-0.25, -0.2) is 9.78 Å². The zero-order valence-corrected chi connectivity index (χ0v) is 10.3. The number of anilines is 1. The lowest BCUT2D eigenvalue weighted by Gasteiger charge is -2.13. The fraction of sp³-hybridized carbons (Fsp3) is 0.364. The van der Waals surface area contributed by atoms with E-state index in [1.54, 1.807) is 25.3 Å². The second-order valence-electron chi connectivity index (χ2n) is 3.54. The van der Waals surface area contributed by atoms with Crippen molar-refractivity contribution in [2.75, 3.05) is 11.9 Å². The molecule has 18 heavy (non-hydrogen) atoms. The van der Waals surface area contributed by atoms with E-state index in [2.05, 4.69) is 10.3 Å². The minimum absolute atomic E-state index is 0.503. The molecule has 0 aliphatic rings. The lowest BCUT2D eigenvalue weighted by Crippen LogP contribution is -2.43. The summed E-state index contributed by atoms with van der Waals surface area (Å²) in [4.78, 5) is 26.0. The van der Waals surface area contributed by atoms with Crippen molar-refractivity contribution in [1.82, 2.24) is 10.3 Å². The van der Waals surface area contributed by atoms with E-state index in [0.29, 0.717) is 18.2 Å². The SMILES string of the molecule is CCOc1ccc(NC(C)C(=O)NC(N)=O)cn1. The molecular weight excluding hydrogens is 236 g/mol. The Bertz CT molecular complexity index is 419. The van der Waals surface area contributed by atoms with Gasteiger partial charge < -0.3 is 15.8 Å². The fourth-order valence-electron chi connectivity index (χ4n) is 1.24. The normalized spacial score (nSPS) is 11.4. The van der Waals surface area contributed by atoms with Gasteiger partial charge in [-0.1, -0.05) is 0 Å². The third kappa shape index (κ3) is 4.28. The molecule has 0 aliphatic carbocycles. The van der Waals surface area contributed by atoms with Crippen LogP contribution in [0.3, 0.4) is 0 Å². The number of carbonyl (C=O) groups excluding carboxylic acids is 2. The second-order valence-corrected chi connectivity index (χ2v) is 3.54. The third-order valence-corrected chi connectivity index (χ3v) is 2.05. The lowest BCUT2D eigenvalue weighted by atomic mass is 10.3. The van der Waals surface area contributed by atoms with Gasteiger partial charge in [-0.05, 0) is 19.9 Å². The molecule has 0 saturated carbocycles. The van der Waals surface area contributed by atoms with Crippen molar-refractivity contribution in [2.24, 2.45) is 5.73 Å². The molecule has 98 valence electrons. The number of pyridine rings is 1. The van der Waals surface area contributed by atoms with Gasteiger partial charge in [0.2, 0.25) is 11.8 Å². The zero-order chi connectivity index (χ0) is 13.5. The van der Waals surface area contributed by atoms with Crippen LogP contribution in [0.25, 0.3) is 0 Å². The van der Waals surface area contributed by atoms with Crippen LogP contribution in [-0.4, -0.2) is 29.6 Å². The molecule has 1 aromatic rings. The van der Waals surface area contributed by atoms with Crippen LogP contribution in [0.5, 0.6) is 5.88 Å². The smallest absolute Gasteiger partial charge is 0.318 e. The molecule has 0 aliphatic heterocycles. The number of hydrogen-bond acceptors (Lipinski definition) is 5. The van der Waals surface area contributed by atoms with E-state index >= 15 is 0 Å². The number of imide groups is 1. The summed E-state index contributed by atoms with van der Waals surface area (Å²) < 4.78 is 5.19. The predicted octanol–water partition coefficient (Wildman–Crippen LogP) is 0.476. The molecule has 7 heteroatoms. The minimum Gasteiger partial charge on any atom is -0.478 e. The van der Waals surface area contributed by atoms with Crippen LogP contribution in [-0.2, 0) is 4.79 Å². The van der Waals surface area contributed by atoms with Crippen molar-refractivity contribution in [3.05, 3.63) is 18.3 Å². The highest BCUT2D eigenvalue weighted by atomic mass is 16.5. The number of carbonyl (C=O) groups is 2. The van der Waals surface area contributed by atoms with Crippen molar-refractivity contribution in [1.29, 1.82) is 0 Å². The van der Waals surface area contributed by atoms with Gasteiger partial charge in [0.15, 0.2) is 0 Å². The summed E-state index contributed by atoms with van der Waals surface area (Å²) in [6.07, 6.45) is 1.54. The van der Waals surface area contributed by atoms with Gasteiger partial charge in [-0.3, -0.25) is 10.1 Å². The first-order valence-corrected chi connectivity index (χ1v) is 5.48. The second kappa shape index (κ2) is 6.43. The third-order valence-electron chi connectivity index (χ3n) is 2.05. The molecule has 1 rings (SSSR count). The Hall–Kier alpha value is -2.31. The molecule has 0 fully saturated rings. The van der Waals surface area contributed by atoms with Gasteiger partial charge in [-0.2, -0.15) is 0 Å². The Labute approximate surface area is 105 Å². The molecule has 4 N–H and O–H groups in total. The highest BCUT2D eigenvalue weighted by molar-refractivity contribution is 5.97. The molecule has 0 saturated heterocycles. The number of urea groups is 1. The average Bonchev–Trinajstić information content (AvgIpc) is 2.31. The van der Waals surface area contributed by atoms with Crippen molar-refractivity contribution in [3.8, 4) is 5.88 Å². The number of amides is 3. The molecule has 0 radical (unpaired) electrons. The van der Waals surface area contributed by atoms with Crippen LogP contribution in [0.15, 0.2) is 18.3 Å². The molecule has 1 atom stereocenters. The number of aromatic nitrogens is 1. The highest BCUT2D eigenvalue weighted by Gasteiger charge is 2.14. The molecule has 1 unspecified atom stereocenters. The maximum absolute atomic E-state index is 11.4. The van der Waals surface area contributed by atoms with E-state index in [9.17, 15) is 9.59 Å². The first kappa shape index (κ1) is 13.8. The van der Waals surface area contributed by atoms with Gasteiger partial charge in [-0.15, -0.1) is 0 Å². The number of ether oxygens (including phenoxy) is 1. The van der Waals surface area contributed by atoms with E-state index in [0.717, 1.165) is 0 Å². The summed E-state index contributed by atoms with van der Waals surface area (Å²) in [5.74, 6) is 0.00803. The van der Waals surface area contributed by atoms with E-state index < -0.39 is 18.0 Å². The van der Waals surface area contributed by atoms with Crippen molar-refractivity contribution in [2.45, 2.75) is 19.9 Å². The number of nitrogens with zero attached hydrogens (tertiary/aromatic N) is 1. The summed E-state index contributed by atoms with van der Waals surface area (Å²) in [7, 11) is 0. The molecule has 3 amide bonds. The van der Waals surface area contributed by atoms with Crippen LogP contribution in [0, 0.1) is 0 Å². The first-order chi connectivity index (χ1) is 8.52. The predicted molar refractivity (Wildman–Crippen MR) is 66.2 cm³/mol. The van der Waals surface area contributed by atoms with Crippen LogP contribution < -0.4 is 21.1 Å². The number of nitrogens with two attached hydrogens (primary N) is 1. The molecular formula is C11H16N4O3. The molecule has 0 aromatic carbocycles. The Morgan fingerprint density at radius 1 is 1.50 bits per heavy atom. The summed E-state index contributed by atoms with van der Waals surface area (Å²) in [5, 5.41) is 4.87. The van der Waals surface area contributed by atoms with E-state index in [1.807, 2.05) is 12.2 Å². The lowest BCUT2D eigenvalue weighted by molar-refractivity contribution is -0.120. The van der Waals surface area contributed by atoms with Crippen LogP contribution >= 0.6 is 0 Å². The topological polar surface area (TPSA) is 106 Å². The Morgan fingerprint density at radius 3 is 2.72 bits per heavy atom. The van der Waals surface area contributed by atoms with Gasteiger partial charge in [0.05, 0.1) is 18.5 Å². The molecule has 7 nitrogen and oxygen atoms in total. The summed E-state index contributed by atoms with van der Waals surface area (Å²) in [5.41, 5.74) is 5.49. The Morgan fingerprint density at radius 2 is 2.22 bits per heavy atom. The standard InChI is InChI=1S/C11H16N4O3/c1-3-18-9-5-4-8(6-13-9)14-7(2)10(16)15-11(12)17/h4-7,14H,3H2,1-2H3,(H3,12,15,16,17). The zero-order valence-electron chi connectivity index (χ0n) is 10.3. The molecule has 1 heterocycles. The van der Waals surface area contributed by atoms with Crippen molar-refractivity contribution < 1.29 is 14.3 Å². The summed E-state index contributed by atoms with van der Waals surface area (Å²) in [6.45, 7) is 4.01. The van der Waals surface area contributed by atoms with Gasteiger partial charge in [0, 0.05) is 6.07 Å². The Kier molecular flexibility index (Phi) is 4.91. The molecule has 0 bridgehead atoms. The van der Waals surface area contributed by atoms with Crippen molar-refractivity contribution in [3.63, 3.8) is 0 Å². The Balaban J connectivity index is 2.56. The summed E-state index contributed by atoms with van der Waals surface area (Å²) in [6, 6.07) is 1.94. The minimum atomic E-state index is -0.876. The molecule has 0 spiro atoms. The molecule has 1 aromatic heterocycles. The maximum atomic E-state index is 11.4. The monoisotopic (exact) mass is 252 g/mol. The first-order valence-electron chi connectivity index (χ1n) is 5.48. The van der Waals surface area contributed by atoms with E-state index in [1.165, 1.54) is 0 Å². The van der Waals surface area contributed by atoms with Crippen LogP contribution in [0.4, 0.5) is 10.5 Å². The van der Waals surface area contributed by atoms with E-state index in [-0.39, 0.29) is 0 Å². The van der Waals surface area contributed by atoms with Gasteiger partial charge in [0.25, 0.3) is 0 Å². The van der Waals surface area contributed by atoms with Crippen LogP contribution in [0.2, 0.25) is 0 Å². The van der Waals surface area contributed by atoms with Crippen LogP contribution in [0.1, 0.15) is 13.8 Å². The quantitative estimate of drug-likeness (QED) is 0.706. The van der Waals surface area contributed by atoms with Gasteiger partial charge in [0.1, 0.15) is 6.04 Å². The maximum Gasteiger partial charge on any atom is 0.318 e. The largest absolute Gasteiger partial charge is 0.478 e. The number of nitrogens with one attached hydrogen (secondary N) is 2. The number of rotatable bonds is 5. The number of hydrogen-bond donors (Lipinski definition) is 3.